The monoisotopic (exact) mass is 269 g/mol. The zero-order valence-electron chi connectivity index (χ0n) is 13.6. The summed E-state index contributed by atoms with van der Waals surface area (Å²) in [5.74, 6) is 0.854. The highest BCUT2D eigenvalue weighted by atomic mass is 15.1. The molecule has 0 heterocycles. The van der Waals surface area contributed by atoms with Gasteiger partial charge in [0.05, 0.1) is 0 Å². The van der Waals surface area contributed by atoms with Gasteiger partial charge in [-0.2, -0.15) is 0 Å². The molecule has 2 atom stereocenters. The Bertz CT molecular complexity index is 218. The van der Waals surface area contributed by atoms with Gasteiger partial charge in [0.25, 0.3) is 0 Å². The quantitative estimate of drug-likeness (QED) is 0.683. The number of nitrogens with zero attached hydrogens (tertiary/aromatic N) is 2. The molecule has 0 aromatic heterocycles. The first kappa shape index (κ1) is 16.9. The van der Waals surface area contributed by atoms with Crippen molar-refractivity contribution in [3.63, 3.8) is 0 Å². The van der Waals surface area contributed by atoms with E-state index in [0.29, 0.717) is 0 Å². The van der Waals surface area contributed by atoms with Crippen LogP contribution >= 0.6 is 0 Å². The van der Waals surface area contributed by atoms with Gasteiger partial charge in [0.15, 0.2) is 0 Å². The molecule has 0 aromatic carbocycles. The number of hydrogen-bond acceptors (Lipinski definition) is 3. The standard InChI is InChI=1S/C16H35N3/c1-5-17-16-11-8-6-7-10-15(16)14-19(4)13-9-12-18(2)3/h15-17H,5-14H2,1-4H3. The summed E-state index contributed by atoms with van der Waals surface area (Å²) in [6.45, 7) is 7.05. The summed E-state index contributed by atoms with van der Waals surface area (Å²) < 4.78 is 0. The van der Waals surface area contributed by atoms with Crippen molar-refractivity contribution in [2.75, 3.05) is 47.3 Å². The Balaban J connectivity index is 2.33. The van der Waals surface area contributed by atoms with E-state index in [-0.39, 0.29) is 0 Å². The second-order valence-electron chi connectivity index (χ2n) is 6.48. The fraction of sp³-hybridized carbons (Fsp3) is 1.00. The summed E-state index contributed by atoms with van der Waals surface area (Å²) >= 11 is 0. The fourth-order valence-corrected chi connectivity index (χ4v) is 3.28. The van der Waals surface area contributed by atoms with Gasteiger partial charge in [0.1, 0.15) is 0 Å². The van der Waals surface area contributed by atoms with Crippen molar-refractivity contribution < 1.29 is 0 Å². The van der Waals surface area contributed by atoms with Crippen LogP contribution in [0.4, 0.5) is 0 Å². The summed E-state index contributed by atoms with van der Waals surface area (Å²) in [5.41, 5.74) is 0. The van der Waals surface area contributed by atoms with E-state index in [1.54, 1.807) is 0 Å². The smallest absolute Gasteiger partial charge is 0.0107 e. The van der Waals surface area contributed by atoms with Gasteiger partial charge < -0.3 is 15.1 Å². The van der Waals surface area contributed by atoms with Crippen molar-refractivity contribution in [2.45, 2.75) is 51.5 Å². The van der Waals surface area contributed by atoms with Gasteiger partial charge in [-0.15, -0.1) is 0 Å². The minimum Gasteiger partial charge on any atom is -0.314 e. The summed E-state index contributed by atoms with van der Waals surface area (Å²) in [6, 6.07) is 0.754. The molecule has 0 aliphatic heterocycles. The number of rotatable bonds is 8. The first-order valence-electron chi connectivity index (χ1n) is 8.20. The Morgan fingerprint density at radius 2 is 1.74 bits per heavy atom. The van der Waals surface area contributed by atoms with E-state index < -0.39 is 0 Å². The first-order valence-corrected chi connectivity index (χ1v) is 8.20. The van der Waals surface area contributed by atoms with E-state index in [1.807, 2.05) is 0 Å². The van der Waals surface area contributed by atoms with Crippen LogP contribution in [0.3, 0.4) is 0 Å². The molecule has 1 rings (SSSR count). The molecule has 19 heavy (non-hydrogen) atoms. The SMILES string of the molecule is CCNC1CCCCCC1CN(C)CCCN(C)C. The van der Waals surface area contributed by atoms with Gasteiger partial charge in [0, 0.05) is 12.6 Å². The van der Waals surface area contributed by atoms with Crippen molar-refractivity contribution >= 4 is 0 Å². The van der Waals surface area contributed by atoms with Gasteiger partial charge in [-0.3, -0.25) is 0 Å². The highest BCUT2D eigenvalue weighted by Crippen LogP contribution is 2.24. The molecule has 0 amide bonds. The van der Waals surface area contributed by atoms with Crippen molar-refractivity contribution in [3.8, 4) is 0 Å². The van der Waals surface area contributed by atoms with E-state index in [1.165, 1.54) is 58.2 Å². The van der Waals surface area contributed by atoms with Crippen LogP contribution < -0.4 is 5.32 Å². The van der Waals surface area contributed by atoms with Crippen LogP contribution in [0.25, 0.3) is 0 Å². The minimum atomic E-state index is 0.754. The van der Waals surface area contributed by atoms with Crippen LogP contribution in [-0.4, -0.2) is 63.2 Å². The van der Waals surface area contributed by atoms with Gasteiger partial charge >= 0.3 is 0 Å². The van der Waals surface area contributed by atoms with Crippen LogP contribution in [0.2, 0.25) is 0 Å². The second kappa shape index (κ2) is 9.73. The summed E-state index contributed by atoms with van der Waals surface area (Å²) in [5, 5.41) is 3.72. The Labute approximate surface area is 120 Å². The number of hydrogen-bond donors (Lipinski definition) is 1. The summed E-state index contributed by atoms with van der Waals surface area (Å²) in [4.78, 5) is 4.82. The zero-order chi connectivity index (χ0) is 14.1. The minimum absolute atomic E-state index is 0.754. The van der Waals surface area contributed by atoms with E-state index in [4.69, 9.17) is 0 Å². The Kier molecular flexibility index (Phi) is 8.67. The Hall–Kier alpha value is -0.120. The molecule has 0 radical (unpaired) electrons. The molecular weight excluding hydrogens is 234 g/mol. The van der Waals surface area contributed by atoms with Gasteiger partial charge in [0.2, 0.25) is 0 Å². The lowest BCUT2D eigenvalue weighted by molar-refractivity contribution is 0.217. The average Bonchev–Trinajstić information content (AvgIpc) is 2.55. The maximum atomic E-state index is 3.72. The predicted octanol–water partition coefficient (Wildman–Crippen LogP) is 2.43. The molecule has 114 valence electrons. The molecule has 0 aromatic rings. The van der Waals surface area contributed by atoms with Gasteiger partial charge in [-0.25, -0.2) is 0 Å². The highest BCUT2D eigenvalue weighted by molar-refractivity contribution is 4.81. The maximum Gasteiger partial charge on any atom is 0.0107 e. The molecule has 3 heteroatoms. The molecule has 0 bridgehead atoms. The molecule has 1 fully saturated rings. The third-order valence-corrected chi connectivity index (χ3v) is 4.32. The van der Waals surface area contributed by atoms with Crippen LogP contribution in [0, 0.1) is 5.92 Å². The van der Waals surface area contributed by atoms with E-state index in [2.05, 4.69) is 43.2 Å². The lowest BCUT2D eigenvalue weighted by Crippen LogP contribution is -2.41. The molecule has 1 aliphatic rings. The van der Waals surface area contributed by atoms with E-state index in [0.717, 1.165) is 18.5 Å². The molecule has 1 saturated carbocycles. The van der Waals surface area contributed by atoms with Crippen LogP contribution in [0.15, 0.2) is 0 Å². The molecule has 3 nitrogen and oxygen atoms in total. The van der Waals surface area contributed by atoms with E-state index >= 15 is 0 Å². The normalized spacial score (nSPS) is 24.9. The van der Waals surface area contributed by atoms with Crippen LogP contribution in [0.5, 0.6) is 0 Å². The molecular formula is C16H35N3. The zero-order valence-corrected chi connectivity index (χ0v) is 13.6. The Morgan fingerprint density at radius 3 is 2.42 bits per heavy atom. The van der Waals surface area contributed by atoms with E-state index in [9.17, 15) is 0 Å². The first-order chi connectivity index (χ1) is 9.13. The fourth-order valence-electron chi connectivity index (χ4n) is 3.28. The molecule has 0 spiro atoms. The summed E-state index contributed by atoms with van der Waals surface area (Å²) in [6.07, 6.45) is 8.35. The van der Waals surface area contributed by atoms with Crippen LogP contribution in [0.1, 0.15) is 45.4 Å². The van der Waals surface area contributed by atoms with Gasteiger partial charge in [-0.05, 0) is 66.0 Å². The van der Waals surface area contributed by atoms with Gasteiger partial charge in [-0.1, -0.05) is 26.2 Å². The van der Waals surface area contributed by atoms with Crippen LogP contribution in [-0.2, 0) is 0 Å². The largest absolute Gasteiger partial charge is 0.314 e. The summed E-state index contributed by atoms with van der Waals surface area (Å²) in [7, 11) is 6.61. The molecule has 1 aliphatic carbocycles. The third kappa shape index (κ3) is 7.28. The third-order valence-electron chi connectivity index (χ3n) is 4.32. The van der Waals surface area contributed by atoms with Crippen molar-refractivity contribution in [1.29, 1.82) is 0 Å². The van der Waals surface area contributed by atoms with Crippen molar-refractivity contribution in [1.82, 2.24) is 15.1 Å². The molecule has 0 saturated heterocycles. The Morgan fingerprint density at radius 1 is 1.00 bits per heavy atom. The maximum absolute atomic E-state index is 3.72. The topological polar surface area (TPSA) is 18.5 Å². The molecule has 1 N–H and O–H groups in total. The number of nitrogens with one attached hydrogen (secondary N) is 1. The second-order valence-corrected chi connectivity index (χ2v) is 6.48. The van der Waals surface area contributed by atoms with Crippen molar-refractivity contribution in [2.24, 2.45) is 5.92 Å². The molecule has 2 unspecified atom stereocenters. The average molecular weight is 269 g/mol. The predicted molar refractivity (Wildman–Crippen MR) is 84.7 cm³/mol. The lowest BCUT2D eigenvalue weighted by Gasteiger charge is -2.30. The highest BCUT2D eigenvalue weighted by Gasteiger charge is 2.23. The van der Waals surface area contributed by atoms with Crippen molar-refractivity contribution in [3.05, 3.63) is 0 Å². The lowest BCUT2D eigenvalue weighted by atomic mass is 9.94.